The fourth-order valence-corrected chi connectivity index (χ4v) is 5.90. The molecule has 2 aliphatic rings. The van der Waals surface area contributed by atoms with Gasteiger partial charge in [0.05, 0.1) is 5.52 Å². The van der Waals surface area contributed by atoms with Crippen LogP contribution in [0.1, 0.15) is 75.3 Å². The van der Waals surface area contributed by atoms with E-state index in [9.17, 15) is 14.0 Å². The Kier molecular flexibility index (Phi) is 9.26. The van der Waals surface area contributed by atoms with Crippen LogP contribution in [0, 0.1) is 18.7 Å². The highest BCUT2D eigenvalue weighted by atomic mass is 35.5. The zero-order valence-electron chi connectivity index (χ0n) is 22.1. The summed E-state index contributed by atoms with van der Waals surface area (Å²) in [6.07, 6.45) is 15.6. The van der Waals surface area contributed by atoms with Crippen LogP contribution in [0.25, 0.3) is 10.9 Å². The summed E-state index contributed by atoms with van der Waals surface area (Å²) in [5.41, 5.74) is 5.83. The largest absolute Gasteiger partial charge is 0.481 e. The van der Waals surface area contributed by atoms with Gasteiger partial charge in [0.2, 0.25) is 5.91 Å². The fourth-order valence-electron chi connectivity index (χ4n) is 5.75. The minimum Gasteiger partial charge on any atom is -0.481 e. The highest BCUT2D eigenvalue weighted by molar-refractivity contribution is 6.29. The molecule has 1 heterocycles. The van der Waals surface area contributed by atoms with Crippen molar-refractivity contribution >= 4 is 34.4 Å². The number of aliphatic carboxylic acids is 1. The molecule has 1 aromatic heterocycles. The molecule has 0 aliphatic heterocycles. The number of fused-ring (bicyclic) bond motifs is 1. The molecule has 4 rings (SSSR count). The van der Waals surface area contributed by atoms with Gasteiger partial charge in [-0.05, 0) is 80.7 Å². The molecule has 2 unspecified atom stereocenters. The van der Waals surface area contributed by atoms with Gasteiger partial charge in [-0.3, -0.25) is 9.59 Å². The van der Waals surface area contributed by atoms with Crippen LogP contribution < -0.4 is 5.32 Å². The van der Waals surface area contributed by atoms with Gasteiger partial charge in [-0.2, -0.15) is 0 Å². The third-order valence-corrected chi connectivity index (χ3v) is 7.90. The van der Waals surface area contributed by atoms with Crippen LogP contribution in [0.4, 0.5) is 4.39 Å². The van der Waals surface area contributed by atoms with Crippen molar-refractivity contribution in [2.45, 2.75) is 71.1 Å². The lowest BCUT2D eigenvalue weighted by Crippen LogP contribution is -2.27. The Labute approximate surface area is 228 Å². The van der Waals surface area contributed by atoms with Crippen LogP contribution in [0.3, 0.4) is 0 Å². The molecule has 2 atom stereocenters. The molecule has 0 radical (unpaired) electrons. The maximum absolute atomic E-state index is 14.8. The topological polar surface area (TPSA) is 82.2 Å². The van der Waals surface area contributed by atoms with Crippen molar-refractivity contribution in [2.24, 2.45) is 5.92 Å². The highest BCUT2D eigenvalue weighted by Gasteiger charge is 2.32. The molecule has 7 heteroatoms. The number of aromatic amines is 1. The van der Waals surface area contributed by atoms with E-state index in [-0.39, 0.29) is 30.0 Å². The molecule has 1 aromatic carbocycles. The van der Waals surface area contributed by atoms with E-state index < -0.39 is 5.97 Å². The van der Waals surface area contributed by atoms with Crippen LogP contribution in [-0.4, -0.2) is 28.5 Å². The molecule has 0 spiro atoms. The van der Waals surface area contributed by atoms with Crippen molar-refractivity contribution < 1.29 is 19.1 Å². The van der Waals surface area contributed by atoms with E-state index >= 15 is 0 Å². The van der Waals surface area contributed by atoms with Crippen LogP contribution in [0.15, 0.2) is 64.4 Å². The molecule has 0 saturated heterocycles. The number of aryl methyl sites for hydroxylation is 1. The average Bonchev–Trinajstić information content (AvgIpc) is 3.31. The summed E-state index contributed by atoms with van der Waals surface area (Å²) < 4.78 is 14.8. The number of hydrogen-bond acceptors (Lipinski definition) is 2. The van der Waals surface area contributed by atoms with Gasteiger partial charge in [0.15, 0.2) is 0 Å². The Hall–Kier alpha value is -3.12. The molecular formula is C31H36ClFN2O3. The molecule has 3 N–H and O–H groups in total. The summed E-state index contributed by atoms with van der Waals surface area (Å²) in [5, 5.41) is 13.4. The van der Waals surface area contributed by atoms with Gasteiger partial charge in [0.1, 0.15) is 5.82 Å². The number of hydrogen-bond donors (Lipinski definition) is 3. The monoisotopic (exact) mass is 538 g/mol. The van der Waals surface area contributed by atoms with E-state index in [4.69, 9.17) is 16.7 Å². The third-order valence-electron chi connectivity index (χ3n) is 7.59. The van der Waals surface area contributed by atoms with Crippen molar-refractivity contribution in [1.29, 1.82) is 0 Å². The Balaban J connectivity index is 1.68. The zero-order chi connectivity index (χ0) is 27.2. The first-order chi connectivity index (χ1) is 18.3. The van der Waals surface area contributed by atoms with E-state index in [2.05, 4.69) is 35.4 Å². The number of rotatable bonds is 11. The van der Waals surface area contributed by atoms with Gasteiger partial charge < -0.3 is 15.4 Å². The van der Waals surface area contributed by atoms with E-state index in [1.165, 1.54) is 11.1 Å². The lowest BCUT2D eigenvalue weighted by Gasteiger charge is -2.33. The van der Waals surface area contributed by atoms with Gasteiger partial charge in [-0.1, -0.05) is 54.3 Å². The maximum Gasteiger partial charge on any atom is 0.303 e. The third kappa shape index (κ3) is 6.47. The minimum atomic E-state index is -0.862. The lowest BCUT2D eigenvalue weighted by atomic mass is 9.71. The Morgan fingerprint density at radius 3 is 2.53 bits per heavy atom. The number of H-pyrrole nitrogens is 1. The molecule has 0 bridgehead atoms. The number of halogens is 2. The number of carboxylic acids is 1. The standard InChI is InChI=1S/C31H36ClFN2O3/c1-3-5-24(20-7-9-22(10-8-20)31(38)34-15-4-6-28(36)37)29(21-11-13-23(32)14-12-21)26-18-35-30-25(26)16-19(2)17-27(30)33/h7,9,11,13,16-18,24,29,35H,3-6,8,10,12,14-15H2,1-2H3,(H,34,38)(H,36,37). The molecular weight excluding hydrogens is 503 g/mol. The van der Waals surface area contributed by atoms with E-state index in [0.29, 0.717) is 30.5 Å². The SMILES string of the molecule is CCCC(C1=CC=C(C(=O)NCCCC(=O)O)CC1)C(C1=CC=C(Cl)CC1)c1c[nH]c2c(F)cc(C)cc12. The van der Waals surface area contributed by atoms with Crippen molar-refractivity contribution in [2.75, 3.05) is 6.54 Å². The molecule has 202 valence electrons. The summed E-state index contributed by atoms with van der Waals surface area (Å²) in [6, 6.07) is 3.63. The average molecular weight is 539 g/mol. The predicted octanol–water partition coefficient (Wildman–Crippen LogP) is 7.59. The first-order valence-electron chi connectivity index (χ1n) is 13.5. The molecule has 0 saturated carbocycles. The summed E-state index contributed by atoms with van der Waals surface area (Å²) >= 11 is 6.32. The fraction of sp³-hybridized carbons (Fsp3) is 0.419. The van der Waals surface area contributed by atoms with Crippen LogP contribution in [0.5, 0.6) is 0 Å². The van der Waals surface area contributed by atoms with E-state index in [1.54, 1.807) is 6.07 Å². The van der Waals surface area contributed by atoms with Crippen molar-refractivity contribution in [1.82, 2.24) is 10.3 Å². The number of carbonyl (C=O) groups excluding carboxylic acids is 1. The second-order valence-corrected chi connectivity index (χ2v) is 10.8. The quantitative estimate of drug-likeness (QED) is 0.258. The Morgan fingerprint density at radius 2 is 1.87 bits per heavy atom. The normalized spacial score (nSPS) is 17.3. The van der Waals surface area contributed by atoms with Crippen LogP contribution in [-0.2, 0) is 9.59 Å². The minimum absolute atomic E-state index is 0.0387. The molecule has 2 aromatic rings. The first kappa shape index (κ1) is 27.9. The lowest BCUT2D eigenvalue weighted by molar-refractivity contribution is -0.137. The van der Waals surface area contributed by atoms with Crippen molar-refractivity contribution in [3.63, 3.8) is 0 Å². The highest BCUT2D eigenvalue weighted by Crippen LogP contribution is 2.46. The molecule has 1 amide bonds. The number of allylic oxidation sites excluding steroid dienone is 7. The van der Waals surface area contributed by atoms with Gasteiger partial charge in [0, 0.05) is 41.1 Å². The van der Waals surface area contributed by atoms with Gasteiger partial charge in [-0.25, -0.2) is 4.39 Å². The number of aromatic nitrogens is 1. The summed E-state index contributed by atoms with van der Waals surface area (Å²) in [5.74, 6) is -0.963. The van der Waals surface area contributed by atoms with Crippen molar-refractivity contribution in [3.8, 4) is 0 Å². The van der Waals surface area contributed by atoms with Gasteiger partial charge in [-0.15, -0.1) is 0 Å². The van der Waals surface area contributed by atoms with Crippen LogP contribution in [0.2, 0.25) is 0 Å². The summed E-state index contributed by atoms with van der Waals surface area (Å²) in [4.78, 5) is 26.5. The second kappa shape index (κ2) is 12.6. The number of benzene rings is 1. The predicted molar refractivity (Wildman–Crippen MR) is 151 cm³/mol. The Bertz CT molecular complexity index is 1330. The number of carboxylic acid groups (broad SMARTS) is 1. The van der Waals surface area contributed by atoms with Gasteiger partial charge in [0.25, 0.3) is 0 Å². The summed E-state index contributed by atoms with van der Waals surface area (Å²) in [6.45, 7) is 4.45. The maximum atomic E-state index is 14.8. The number of carbonyl (C=O) groups is 2. The first-order valence-corrected chi connectivity index (χ1v) is 13.9. The zero-order valence-corrected chi connectivity index (χ0v) is 22.8. The van der Waals surface area contributed by atoms with Gasteiger partial charge >= 0.3 is 5.97 Å². The number of nitrogens with one attached hydrogen (secondary N) is 2. The Morgan fingerprint density at radius 1 is 1.11 bits per heavy atom. The number of amides is 1. The molecule has 38 heavy (non-hydrogen) atoms. The molecule has 5 nitrogen and oxygen atoms in total. The summed E-state index contributed by atoms with van der Waals surface area (Å²) in [7, 11) is 0. The van der Waals surface area contributed by atoms with Crippen LogP contribution >= 0.6 is 11.6 Å². The van der Waals surface area contributed by atoms with E-state index in [1.807, 2.05) is 25.3 Å². The molecule has 2 aliphatic carbocycles. The van der Waals surface area contributed by atoms with Crippen molar-refractivity contribution in [3.05, 3.63) is 81.3 Å². The smallest absolute Gasteiger partial charge is 0.303 e. The molecule has 0 fully saturated rings. The van der Waals surface area contributed by atoms with E-state index in [0.717, 1.165) is 53.6 Å². The second-order valence-electron chi connectivity index (χ2n) is 10.3.